The molecule has 192 valence electrons. The molecule has 0 fully saturated rings. The van der Waals surface area contributed by atoms with Gasteiger partial charge in [-0.2, -0.15) is 0 Å². The number of benzene rings is 1. The van der Waals surface area contributed by atoms with Gasteiger partial charge < -0.3 is 47.4 Å². The van der Waals surface area contributed by atoms with Gasteiger partial charge in [-0.1, -0.05) is 6.08 Å². The lowest BCUT2D eigenvalue weighted by Crippen LogP contribution is -2.46. The van der Waals surface area contributed by atoms with Crippen LogP contribution in [0, 0.1) is 0 Å². The van der Waals surface area contributed by atoms with Crippen molar-refractivity contribution in [1.29, 1.82) is 0 Å². The third kappa shape index (κ3) is 7.29. The molecule has 1 heterocycles. The lowest BCUT2D eigenvalue weighted by molar-refractivity contribution is -0.203. The van der Waals surface area contributed by atoms with Crippen molar-refractivity contribution in [1.82, 2.24) is 0 Å². The third-order valence-electron chi connectivity index (χ3n) is 5.13. The molecule has 0 aliphatic carbocycles. The summed E-state index contributed by atoms with van der Waals surface area (Å²) in [6.07, 6.45) is -0.701. The average Bonchev–Trinajstić information content (AvgIpc) is 3.34. The number of ether oxygens (including phenoxy) is 10. The highest BCUT2D eigenvalue weighted by Crippen LogP contribution is 2.45. The minimum absolute atomic E-state index is 0.0138. The van der Waals surface area contributed by atoms with E-state index in [2.05, 4.69) is 6.58 Å². The molecule has 11 heteroatoms. The number of hydrogen-bond acceptors (Lipinski definition) is 11. The van der Waals surface area contributed by atoms with Gasteiger partial charge in [-0.05, 0) is 17.7 Å². The van der Waals surface area contributed by atoms with Crippen LogP contribution in [0.2, 0.25) is 0 Å². The fourth-order valence-corrected chi connectivity index (χ4v) is 3.60. The second-order valence-corrected chi connectivity index (χ2v) is 7.19. The maximum Gasteiger partial charge on any atom is 0.306 e. The van der Waals surface area contributed by atoms with Crippen LogP contribution >= 0.6 is 0 Å². The largest absolute Gasteiger partial charge is 0.493 e. The minimum Gasteiger partial charge on any atom is -0.493 e. The summed E-state index contributed by atoms with van der Waals surface area (Å²) in [5.74, 6) is 0.375. The number of carbonyl (C=O) groups is 1. The Morgan fingerprint density at radius 2 is 1.62 bits per heavy atom. The molecule has 1 aromatic rings. The molecule has 0 saturated heterocycles. The van der Waals surface area contributed by atoms with E-state index in [-0.39, 0.29) is 33.6 Å². The molecule has 0 bridgehead atoms. The van der Waals surface area contributed by atoms with E-state index in [1.165, 1.54) is 35.5 Å². The normalized spacial score (nSPS) is 15.9. The number of methoxy groups -OCH3 is 5. The number of carbonyl (C=O) groups excluding carboxylic acids is 1. The highest BCUT2D eigenvalue weighted by molar-refractivity contribution is 5.71. The first-order valence-electron chi connectivity index (χ1n) is 10.5. The molecule has 4 atom stereocenters. The van der Waals surface area contributed by atoms with Crippen LogP contribution in [0.5, 0.6) is 17.2 Å². The molecular weight excluding hydrogens is 452 g/mol. The van der Waals surface area contributed by atoms with Crippen LogP contribution < -0.4 is 14.2 Å². The monoisotopic (exact) mass is 486 g/mol. The van der Waals surface area contributed by atoms with Crippen molar-refractivity contribution in [2.24, 2.45) is 0 Å². The molecular formula is C23H34O11. The van der Waals surface area contributed by atoms with Crippen LogP contribution in [0.15, 0.2) is 24.8 Å². The number of rotatable bonds is 17. The van der Waals surface area contributed by atoms with Crippen molar-refractivity contribution in [2.75, 3.05) is 62.7 Å². The van der Waals surface area contributed by atoms with Crippen molar-refractivity contribution < 1.29 is 52.2 Å². The molecule has 11 nitrogen and oxygen atoms in total. The van der Waals surface area contributed by atoms with Gasteiger partial charge in [0.25, 0.3) is 0 Å². The first-order chi connectivity index (χ1) is 16.5. The predicted molar refractivity (Wildman–Crippen MR) is 119 cm³/mol. The van der Waals surface area contributed by atoms with E-state index < -0.39 is 30.2 Å². The van der Waals surface area contributed by atoms with Gasteiger partial charge in [0, 0.05) is 27.2 Å². The van der Waals surface area contributed by atoms with Crippen LogP contribution in [-0.4, -0.2) is 87.0 Å². The second kappa shape index (κ2) is 14.8. The Bertz CT molecular complexity index is 770. The summed E-state index contributed by atoms with van der Waals surface area (Å²) in [7, 11) is 7.33. The zero-order valence-corrected chi connectivity index (χ0v) is 20.3. The van der Waals surface area contributed by atoms with Gasteiger partial charge in [-0.25, -0.2) is 0 Å². The average molecular weight is 487 g/mol. The number of fused-ring (bicyclic) bond motifs is 1. The van der Waals surface area contributed by atoms with Gasteiger partial charge in [0.1, 0.15) is 32.6 Å². The molecule has 1 aliphatic rings. The van der Waals surface area contributed by atoms with E-state index in [0.29, 0.717) is 22.8 Å². The van der Waals surface area contributed by atoms with Crippen LogP contribution in [0.25, 0.3) is 0 Å². The van der Waals surface area contributed by atoms with Crippen molar-refractivity contribution in [2.45, 2.75) is 30.7 Å². The van der Waals surface area contributed by atoms with Crippen molar-refractivity contribution in [3.63, 3.8) is 0 Å². The zero-order chi connectivity index (χ0) is 24.9. The van der Waals surface area contributed by atoms with Gasteiger partial charge >= 0.3 is 5.97 Å². The van der Waals surface area contributed by atoms with Crippen molar-refractivity contribution in [3.8, 4) is 17.2 Å². The maximum atomic E-state index is 12.5. The minimum atomic E-state index is -0.779. The lowest BCUT2D eigenvalue weighted by Gasteiger charge is -2.36. The van der Waals surface area contributed by atoms with E-state index in [1.807, 2.05) is 0 Å². The van der Waals surface area contributed by atoms with E-state index in [1.54, 1.807) is 18.2 Å². The highest BCUT2D eigenvalue weighted by atomic mass is 16.7. The van der Waals surface area contributed by atoms with Crippen LogP contribution in [-0.2, 0) is 38.0 Å². The Balaban J connectivity index is 2.57. The van der Waals surface area contributed by atoms with E-state index >= 15 is 0 Å². The molecule has 0 aromatic heterocycles. The molecule has 0 saturated carbocycles. The molecule has 0 amide bonds. The third-order valence-corrected chi connectivity index (χ3v) is 5.13. The molecule has 34 heavy (non-hydrogen) atoms. The predicted octanol–water partition coefficient (Wildman–Crippen LogP) is 2.22. The Kier molecular flexibility index (Phi) is 12.1. The molecule has 0 radical (unpaired) electrons. The van der Waals surface area contributed by atoms with Crippen LogP contribution in [0.4, 0.5) is 0 Å². The summed E-state index contributed by atoms with van der Waals surface area (Å²) in [6.45, 7) is 3.76. The molecule has 1 aliphatic heterocycles. The number of hydrogen-bond donors (Lipinski definition) is 0. The molecule has 0 spiro atoms. The fraction of sp³-hybridized carbons (Fsp3) is 0.609. The van der Waals surface area contributed by atoms with Gasteiger partial charge in [-0.15, -0.1) is 6.58 Å². The standard InChI is InChI=1S/C23H34O11/c1-7-17(30-11-25-2)23(33-13-27-4)21(32-12-26-3)16(10-20(24)29-6)15-8-18(28-5)22-19(9-15)31-14-34-22/h7-9,16-17,21,23H,1,10-14H2,2-6H3/t16-,17-,21+,23+/m0/s1. The Hall–Kier alpha value is -2.41. The van der Waals surface area contributed by atoms with Crippen molar-refractivity contribution >= 4 is 5.97 Å². The topological polar surface area (TPSA) is 109 Å². The summed E-state index contributed by atoms with van der Waals surface area (Å²) >= 11 is 0. The van der Waals surface area contributed by atoms with Gasteiger partial charge in [-0.3, -0.25) is 4.79 Å². The first kappa shape index (κ1) is 27.8. The Morgan fingerprint density at radius 1 is 0.971 bits per heavy atom. The molecule has 1 aromatic carbocycles. The quantitative estimate of drug-likeness (QED) is 0.184. The summed E-state index contributed by atoms with van der Waals surface area (Å²) in [6, 6.07) is 3.53. The smallest absolute Gasteiger partial charge is 0.306 e. The fourth-order valence-electron chi connectivity index (χ4n) is 3.60. The first-order valence-corrected chi connectivity index (χ1v) is 10.5. The summed E-state index contributed by atoms with van der Waals surface area (Å²) in [5.41, 5.74) is 0.674. The van der Waals surface area contributed by atoms with Crippen LogP contribution in [0.3, 0.4) is 0 Å². The molecule has 2 rings (SSSR count). The van der Waals surface area contributed by atoms with Gasteiger partial charge in [0.2, 0.25) is 12.5 Å². The van der Waals surface area contributed by atoms with E-state index in [4.69, 9.17) is 47.4 Å². The molecule has 0 unspecified atom stereocenters. The Morgan fingerprint density at radius 3 is 2.21 bits per heavy atom. The maximum absolute atomic E-state index is 12.5. The van der Waals surface area contributed by atoms with Crippen molar-refractivity contribution in [3.05, 3.63) is 30.4 Å². The molecule has 0 N–H and O–H groups in total. The SMILES string of the molecule is C=C[C@H](OCOC)[C@@H](OCOC)[C@H](OCOC)[C@@H](CC(=O)OC)c1cc(OC)c2c(c1)OCO2. The van der Waals surface area contributed by atoms with Gasteiger partial charge in [0.15, 0.2) is 11.5 Å². The summed E-state index contributed by atoms with van der Waals surface area (Å²) < 4.78 is 54.7. The summed E-state index contributed by atoms with van der Waals surface area (Å²) in [5, 5.41) is 0. The summed E-state index contributed by atoms with van der Waals surface area (Å²) in [4.78, 5) is 12.5. The number of esters is 1. The second-order valence-electron chi connectivity index (χ2n) is 7.19. The van der Waals surface area contributed by atoms with Crippen LogP contribution in [0.1, 0.15) is 17.9 Å². The zero-order valence-electron chi connectivity index (χ0n) is 20.3. The lowest BCUT2D eigenvalue weighted by atomic mass is 9.85. The van der Waals surface area contributed by atoms with E-state index in [9.17, 15) is 4.79 Å². The highest BCUT2D eigenvalue weighted by Gasteiger charge is 2.39. The van der Waals surface area contributed by atoms with E-state index in [0.717, 1.165) is 0 Å². The van der Waals surface area contributed by atoms with Gasteiger partial charge in [0.05, 0.1) is 26.7 Å². The Labute approximate surface area is 199 Å².